The molecule has 1 aromatic heterocycles. The molecule has 0 aliphatic rings. The van der Waals surface area contributed by atoms with Crippen LogP contribution in [-0.2, 0) is 6.54 Å². The number of nitrogens with one attached hydrogen (secondary N) is 1. The lowest BCUT2D eigenvalue weighted by atomic mass is 10.4. The molecular weight excluding hydrogens is 188 g/mol. The summed E-state index contributed by atoms with van der Waals surface area (Å²) in [5, 5.41) is 12.0. The normalized spacial score (nSPS) is 9.54. The van der Waals surface area contributed by atoms with Gasteiger partial charge in [-0.05, 0) is 12.1 Å². The van der Waals surface area contributed by atoms with Gasteiger partial charge in [0.1, 0.15) is 11.8 Å². The van der Waals surface area contributed by atoms with E-state index in [0.717, 1.165) is 5.76 Å². The van der Waals surface area contributed by atoms with Crippen LogP contribution >= 0.6 is 11.6 Å². The molecule has 0 saturated carbocycles. The molecule has 1 heterocycles. The highest BCUT2D eigenvalue weighted by atomic mass is 35.5. The number of halogens is 1. The summed E-state index contributed by atoms with van der Waals surface area (Å²) in [6, 6.07) is 5.29. The average Bonchev–Trinajstić information content (AvgIpc) is 2.52. The first-order valence-electron chi connectivity index (χ1n) is 3.75. The minimum absolute atomic E-state index is 0.321. The van der Waals surface area contributed by atoms with Gasteiger partial charge in [0, 0.05) is 11.6 Å². The van der Waals surface area contributed by atoms with E-state index >= 15 is 0 Å². The molecule has 1 aromatic rings. The van der Waals surface area contributed by atoms with Crippen LogP contribution in [0.3, 0.4) is 0 Å². The number of rotatable bonds is 4. The molecule has 0 amide bonds. The van der Waals surface area contributed by atoms with Gasteiger partial charge in [-0.2, -0.15) is 5.26 Å². The summed E-state index contributed by atoms with van der Waals surface area (Å²) < 4.78 is 5.12. The Kier molecular flexibility index (Phi) is 3.56. The molecule has 0 unspecified atom stereocenters. The Morgan fingerprint density at radius 1 is 1.69 bits per heavy atom. The lowest BCUT2D eigenvalue weighted by Crippen LogP contribution is -2.13. The second-order valence-corrected chi connectivity index (χ2v) is 3.03. The fourth-order valence-corrected chi connectivity index (χ4v) is 0.949. The van der Waals surface area contributed by atoms with E-state index < -0.39 is 0 Å². The Hall–Kier alpha value is -1.24. The molecule has 0 radical (unpaired) electrons. The quantitative estimate of drug-likeness (QED) is 0.801. The summed E-state index contributed by atoms with van der Waals surface area (Å²) in [6.45, 7) is 4.61. The van der Waals surface area contributed by atoms with Gasteiger partial charge < -0.3 is 9.73 Å². The highest BCUT2D eigenvalue weighted by Crippen LogP contribution is 2.06. The second kappa shape index (κ2) is 4.70. The summed E-state index contributed by atoms with van der Waals surface area (Å²) in [5.74, 6) is 1.04. The number of nitriles is 1. The topological polar surface area (TPSA) is 49.0 Å². The van der Waals surface area contributed by atoms with Gasteiger partial charge in [0.2, 0.25) is 5.76 Å². The van der Waals surface area contributed by atoms with E-state index in [9.17, 15) is 0 Å². The SMILES string of the molecule is C=C(Cl)CNCc1ccc(C#N)o1. The zero-order chi connectivity index (χ0) is 9.68. The molecule has 3 nitrogen and oxygen atoms in total. The fourth-order valence-electron chi connectivity index (χ4n) is 0.854. The zero-order valence-corrected chi connectivity index (χ0v) is 7.77. The van der Waals surface area contributed by atoms with Crippen LogP contribution < -0.4 is 5.32 Å². The Morgan fingerprint density at radius 2 is 2.46 bits per heavy atom. The molecule has 0 aliphatic heterocycles. The van der Waals surface area contributed by atoms with E-state index in [1.807, 2.05) is 6.07 Å². The van der Waals surface area contributed by atoms with Crippen LogP contribution in [0.5, 0.6) is 0 Å². The zero-order valence-electron chi connectivity index (χ0n) is 7.01. The van der Waals surface area contributed by atoms with E-state index in [4.69, 9.17) is 21.3 Å². The minimum Gasteiger partial charge on any atom is -0.449 e. The summed E-state index contributed by atoms with van der Waals surface area (Å²) >= 11 is 5.54. The fraction of sp³-hybridized carbons (Fsp3) is 0.222. The first-order chi connectivity index (χ1) is 6.22. The second-order valence-electron chi connectivity index (χ2n) is 2.50. The van der Waals surface area contributed by atoms with Crippen molar-refractivity contribution >= 4 is 11.6 Å². The maximum absolute atomic E-state index is 8.47. The van der Waals surface area contributed by atoms with Gasteiger partial charge in [-0.1, -0.05) is 18.2 Å². The molecule has 0 saturated heterocycles. The van der Waals surface area contributed by atoms with Crippen molar-refractivity contribution in [1.82, 2.24) is 5.32 Å². The molecule has 1 N–H and O–H groups in total. The van der Waals surface area contributed by atoms with Gasteiger partial charge in [-0.15, -0.1) is 0 Å². The van der Waals surface area contributed by atoms with Crippen LogP contribution in [0.4, 0.5) is 0 Å². The van der Waals surface area contributed by atoms with Crippen LogP contribution in [0.1, 0.15) is 11.5 Å². The summed E-state index contributed by atoms with van der Waals surface area (Å²) in [5.41, 5.74) is 0. The molecular formula is C9H9ClN2O. The van der Waals surface area contributed by atoms with Crippen LogP contribution in [0.25, 0.3) is 0 Å². The van der Waals surface area contributed by atoms with E-state index in [1.165, 1.54) is 0 Å². The van der Waals surface area contributed by atoms with Crippen LogP contribution in [0, 0.1) is 11.3 Å². The maximum Gasteiger partial charge on any atom is 0.203 e. The van der Waals surface area contributed by atoms with Crippen LogP contribution in [-0.4, -0.2) is 6.54 Å². The highest BCUT2D eigenvalue weighted by Gasteiger charge is 1.99. The maximum atomic E-state index is 8.47. The van der Waals surface area contributed by atoms with Gasteiger partial charge in [0.15, 0.2) is 0 Å². The number of nitrogens with zero attached hydrogens (tertiary/aromatic N) is 1. The average molecular weight is 197 g/mol. The van der Waals surface area contributed by atoms with E-state index in [-0.39, 0.29) is 0 Å². The molecule has 0 fully saturated rings. The summed E-state index contributed by atoms with van der Waals surface area (Å²) in [7, 11) is 0. The van der Waals surface area contributed by atoms with Gasteiger partial charge in [0.25, 0.3) is 0 Å². The Balaban J connectivity index is 2.38. The molecule has 0 atom stereocenters. The van der Waals surface area contributed by atoms with Gasteiger partial charge in [-0.3, -0.25) is 0 Å². The van der Waals surface area contributed by atoms with Gasteiger partial charge in [-0.25, -0.2) is 0 Å². The van der Waals surface area contributed by atoms with Gasteiger partial charge >= 0.3 is 0 Å². The van der Waals surface area contributed by atoms with Crippen molar-refractivity contribution in [2.24, 2.45) is 0 Å². The van der Waals surface area contributed by atoms with E-state index in [1.54, 1.807) is 12.1 Å². The largest absolute Gasteiger partial charge is 0.449 e. The molecule has 0 aromatic carbocycles. The summed E-state index contributed by atoms with van der Waals surface area (Å²) in [6.07, 6.45) is 0. The molecule has 1 rings (SSSR count). The first kappa shape index (κ1) is 9.85. The predicted octanol–water partition coefficient (Wildman–Crippen LogP) is 1.99. The Bertz CT molecular complexity index is 338. The first-order valence-corrected chi connectivity index (χ1v) is 4.13. The monoisotopic (exact) mass is 196 g/mol. The molecule has 0 bridgehead atoms. The van der Waals surface area contributed by atoms with Crippen LogP contribution in [0.2, 0.25) is 0 Å². The number of furan rings is 1. The van der Waals surface area contributed by atoms with Crippen molar-refractivity contribution in [1.29, 1.82) is 5.26 Å². The lowest BCUT2D eigenvalue weighted by molar-refractivity contribution is 0.480. The minimum atomic E-state index is 0.321. The molecule has 68 valence electrons. The third-order valence-corrected chi connectivity index (χ3v) is 1.52. The third kappa shape index (κ3) is 3.32. The van der Waals surface area contributed by atoms with Crippen molar-refractivity contribution < 1.29 is 4.42 Å². The van der Waals surface area contributed by atoms with Crippen LogP contribution in [0.15, 0.2) is 28.2 Å². The van der Waals surface area contributed by atoms with Crippen molar-refractivity contribution in [3.63, 3.8) is 0 Å². The van der Waals surface area contributed by atoms with Crippen molar-refractivity contribution in [3.8, 4) is 6.07 Å². The van der Waals surface area contributed by atoms with Gasteiger partial charge in [0.05, 0.1) is 6.54 Å². The molecule has 0 aliphatic carbocycles. The highest BCUT2D eigenvalue weighted by molar-refractivity contribution is 6.29. The Labute approximate surface area is 81.6 Å². The van der Waals surface area contributed by atoms with E-state index in [2.05, 4.69) is 11.9 Å². The molecule has 4 heteroatoms. The van der Waals surface area contributed by atoms with Crippen molar-refractivity contribution in [3.05, 3.63) is 35.3 Å². The number of hydrogen-bond donors (Lipinski definition) is 1. The Morgan fingerprint density at radius 3 is 3.00 bits per heavy atom. The molecule has 13 heavy (non-hydrogen) atoms. The van der Waals surface area contributed by atoms with E-state index in [0.29, 0.717) is 23.9 Å². The molecule has 0 spiro atoms. The summed E-state index contributed by atoms with van der Waals surface area (Å²) in [4.78, 5) is 0. The number of hydrogen-bond acceptors (Lipinski definition) is 3. The van der Waals surface area contributed by atoms with Crippen molar-refractivity contribution in [2.45, 2.75) is 6.54 Å². The lowest BCUT2D eigenvalue weighted by Gasteiger charge is -1.98. The standard InChI is InChI=1S/C9H9ClN2O/c1-7(10)5-12-6-9-3-2-8(4-11)13-9/h2-3,12H,1,5-6H2. The third-order valence-electron chi connectivity index (χ3n) is 1.39. The predicted molar refractivity (Wildman–Crippen MR) is 50.1 cm³/mol. The smallest absolute Gasteiger partial charge is 0.203 e. The van der Waals surface area contributed by atoms with Crippen molar-refractivity contribution in [2.75, 3.05) is 6.54 Å².